The SMILES string of the molecule is CCS[C@@H]1CC[C@@H](NC(=O)N(C)Cc2ccc(O)cc2)C1. The molecule has 1 aliphatic rings. The fourth-order valence-electron chi connectivity index (χ4n) is 2.69. The number of benzene rings is 1. The second-order valence-electron chi connectivity index (χ2n) is 5.56. The Morgan fingerprint density at radius 3 is 2.76 bits per heavy atom. The standard InChI is InChI=1S/C16H24N2O2S/c1-3-21-15-9-6-13(10-15)17-16(20)18(2)11-12-4-7-14(19)8-5-12/h4-5,7-8,13,15,19H,3,6,9-11H2,1-2H3,(H,17,20)/t13-,15-/m1/s1. The van der Waals surface area contributed by atoms with Gasteiger partial charge in [-0.05, 0) is 42.7 Å². The zero-order chi connectivity index (χ0) is 15.2. The second-order valence-corrected chi connectivity index (χ2v) is 7.14. The van der Waals surface area contributed by atoms with Crippen molar-refractivity contribution in [2.24, 2.45) is 0 Å². The van der Waals surface area contributed by atoms with E-state index in [0.29, 0.717) is 17.8 Å². The van der Waals surface area contributed by atoms with Gasteiger partial charge in [0.15, 0.2) is 0 Å². The summed E-state index contributed by atoms with van der Waals surface area (Å²) in [4.78, 5) is 13.9. The van der Waals surface area contributed by atoms with E-state index in [4.69, 9.17) is 0 Å². The summed E-state index contributed by atoms with van der Waals surface area (Å²) in [7, 11) is 1.80. The topological polar surface area (TPSA) is 52.6 Å². The summed E-state index contributed by atoms with van der Waals surface area (Å²) in [5.74, 6) is 1.39. The fourth-order valence-corrected chi connectivity index (χ4v) is 3.83. The first-order chi connectivity index (χ1) is 10.1. The van der Waals surface area contributed by atoms with Crippen LogP contribution in [-0.2, 0) is 6.54 Å². The van der Waals surface area contributed by atoms with Crippen LogP contribution in [0.4, 0.5) is 4.79 Å². The number of nitrogens with zero attached hydrogens (tertiary/aromatic N) is 1. The molecule has 0 saturated heterocycles. The van der Waals surface area contributed by atoms with Crippen molar-refractivity contribution in [3.63, 3.8) is 0 Å². The number of urea groups is 1. The van der Waals surface area contributed by atoms with Crippen molar-refractivity contribution >= 4 is 17.8 Å². The van der Waals surface area contributed by atoms with Crippen molar-refractivity contribution in [1.29, 1.82) is 0 Å². The van der Waals surface area contributed by atoms with Crippen LogP contribution in [-0.4, -0.2) is 40.1 Å². The van der Waals surface area contributed by atoms with Gasteiger partial charge < -0.3 is 15.3 Å². The van der Waals surface area contributed by atoms with Gasteiger partial charge in [0.05, 0.1) is 0 Å². The first kappa shape index (κ1) is 16.0. The summed E-state index contributed by atoms with van der Waals surface area (Å²) in [6.07, 6.45) is 3.36. The van der Waals surface area contributed by atoms with Gasteiger partial charge in [-0.3, -0.25) is 0 Å². The molecule has 0 radical (unpaired) electrons. The monoisotopic (exact) mass is 308 g/mol. The molecular weight excluding hydrogens is 284 g/mol. The number of hydrogen-bond donors (Lipinski definition) is 2. The average Bonchev–Trinajstić information content (AvgIpc) is 2.89. The van der Waals surface area contributed by atoms with E-state index in [0.717, 1.165) is 24.2 Å². The molecule has 1 aromatic carbocycles. The number of thioether (sulfide) groups is 1. The molecule has 1 saturated carbocycles. The van der Waals surface area contributed by atoms with Gasteiger partial charge in [-0.15, -0.1) is 0 Å². The molecule has 0 heterocycles. The Kier molecular flexibility index (Phi) is 5.79. The Labute approximate surface area is 130 Å². The van der Waals surface area contributed by atoms with Gasteiger partial charge in [-0.2, -0.15) is 11.8 Å². The molecule has 0 aliphatic heterocycles. The van der Waals surface area contributed by atoms with Crippen molar-refractivity contribution in [2.45, 2.75) is 44.0 Å². The predicted molar refractivity (Wildman–Crippen MR) is 87.7 cm³/mol. The molecule has 2 amide bonds. The summed E-state index contributed by atoms with van der Waals surface area (Å²) in [5, 5.41) is 13.1. The highest BCUT2D eigenvalue weighted by Crippen LogP contribution is 2.29. The zero-order valence-electron chi connectivity index (χ0n) is 12.7. The fraction of sp³-hybridized carbons (Fsp3) is 0.562. The van der Waals surface area contributed by atoms with Gasteiger partial charge in [-0.25, -0.2) is 4.79 Å². The van der Waals surface area contributed by atoms with Crippen LogP contribution in [0.1, 0.15) is 31.7 Å². The normalized spacial score (nSPS) is 21.2. The van der Waals surface area contributed by atoms with E-state index in [1.54, 1.807) is 24.1 Å². The smallest absolute Gasteiger partial charge is 0.317 e. The number of carbonyl (C=O) groups excluding carboxylic acids is 1. The molecule has 21 heavy (non-hydrogen) atoms. The number of hydrogen-bond acceptors (Lipinski definition) is 3. The summed E-state index contributed by atoms with van der Waals surface area (Å²) in [6, 6.07) is 7.25. The number of carbonyl (C=O) groups is 1. The minimum atomic E-state index is -0.0183. The molecule has 0 bridgehead atoms. The highest BCUT2D eigenvalue weighted by atomic mass is 32.2. The minimum Gasteiger partial charge on any atom is -0.508 e. The Morgan fingerprint density at radius 1 is 1.38 bits per heavy atom. The van der Waals surface area contributed by atoms with Crippen molar-refractivity contribution in [2.75, 3.05) is 12.8 Å². The first-order valence-corrected chi connectivity index (χ1v) is 8.54. The summed E-state index contributed by atoms with van der Waals surface area (Å²) < 4.78 is 0. The Balaban J connectivity index is 1.79. The molecule has 1 aromatic rings. The molecule has 116 valence electrons. The number of phenolic OH excluding ortho intramolecular Hbond substituents is 1. The van der Waals surface area contributed by atoms with E-state index < -0.39 is 0 Å². The van der Waals surface area contributed by atoms with Crippen LogP contribution in [0, 0.1) is 0 Å². The lowest BCUT2D eigenvalue weighted by atomic mass is 10.2. The molecule has 2 atom stereocenters. The largest absolute Gasteiger partial charge is 0.508 e. The summed E-state index contributed by atoms with van der Waals surface area (Å²) in [6.45, 7) is 2.73. The van der Waals surface area contributed by atoms with Gasteiger partial charge >= 0.3 is 6.03 Å². The number of rotatable bonds is 5. The molecule has 0 unspecified atom stereocenters. The predicted octanol–water partition coefficient (Wildman–Crippen LogP) is 3.21. The number of aromatic hydroxyl groups is 1. The maximum Gasteiger partial charge on any atom is 0.317 e. The Bertz CT molecular complexity index is 464. The van der Waals surface area contributed by atoms with E-state index >= 15 is 0 Å². The van der Waals surface area contributed by atoms with Crippen LogP contribution < -0.4 is 5.32 Å². The highest BCUT2D eigenvalue weighted by Gasteiger charge is 2.26. The molecule has 0 aromatic heterocycles. The van der Waals surface area contributed by atoms with Crippen molar-refractivity contribution in [1.82, 2.24) is 10.2 Å². The zero-order valence-corrected chi connectivity index (χ0v) is 13.5. The second kappa shape index (κ2) is 7.59. The third-order valence-electron chi connectivity index (χ3n) is 3.82. The molecule has 4 nitrogen and oxygen atoms in total. The van der Waals surface area contributed by atoms with Crippen LogP contribution in [0.15, 0.2) is 24.3 Å². The van der Waals surface area contributed by atoms with Crippen LogP contribution >= 0.6 is 11.8 Å². The maximum absolute atomic E-state index is 12.2. The van der Waals surface area contributed by atoms with Gasteiger partial charge in [0, 0.05) is 24.9 Å². The van der Waals surface area contributed by atoms with Gasteiger partial charge in [0.1, 0.15) is 5.75 Å². The van der Waals surface area contributed by atoms with Crippen LogP contribution in [0.25, 0.3) is 0 Å². The van der Waals surface area contributed by atoms with Gasteiger partial charge in [-0.1, -0.05) is 19.1 Å². The first-order valence-electron chi connectivity index (χ1n) is 7.49. The molecule has 0 spiro atoms. The molecule has 1 aliphatic carbocycles. The van der Waals surface area contributed by atoms with Crippen LogP contribution in [0.3, 0.4) is 0 Å². The average molecular weight is 308 g/mol. The van der Waals surface area contributed by atoms with Crippen LogP contribution in [0.2, 0.25) is 0 Å². The summed E-state index contributed by atoms with van der Waals surface area (Å²) in [5.41, 5.74) is 1.01. The highest BCUT2D eigenvalue weighted by molar-refractivity contribution is 7.99. The molecule has 2 N–H and O–H groups in total. The minimum absolute atomic E-state index is 0.0183. The van der Waals surface area contributed by atoms with Gasteiger partial charge in [0.25, 0.3) is 0 Å². The molecular formula is C16H24N2O2S. The summed E-state index contributed by atoms with van der Waals surface area (Å²) >= 11 is 1.99. The lowest BCUT2D eigenvalue weighted by Crippen LogP contribution is -2.41. The lowest BCUT2D eigenvalue weighted by Gasteiger charge is -2.21. The lowest BCUT2D eigenvalue weighted by molar-refractivity contribution is 0.203. The quantitative estimate of drug-likeness (QED) is 0.878. The molecule has 2 rings (SSSR count). The Hall–Kier alpha value is -1.36. The van der Waals surface area contributed by atoms with E-state index in [9.17, 15) is 9.90 Å². The molecule has 5 heteroatoms. The maximum atomic E-state index is 12.2. The van der Waals surface area contributed by atoms with Crippen LogP contribution in [0.5, 0.6) is 5.75 Å². The van der Waals surface area contributed by atoms with Crippen molar-refractivity contribution in [3.05, 3.63) is 29.8 Å². The van der Waals surface area contributed by atoms with Gasteiger partial charge in [0.2, 0.25) is 0 Å². The molecule has 1 fully saturated rings. The van der Waals surface area contributed by atoms with E-state index in [1.165, 1.54) is 6.42 Å². The van der Waals surface area contributed by atoms with E-state index in [2.05, 4.69) is 12.2 Å². The third kappa shape index (κ3) is 4.84. The van der Waals surface area contributed by atoms with E-state index in [-0.39, 0.29) is 11.8 Å². The number of amides is 2. The van der Waals surface area contributed by atoms with Crippen molar-refractivity contribution in [3.8, 4) is 5.75 Å². The Morgan fingerprint density at radius 2 is 2.10 bits per heavy atom. The number of nitrogens with one attached hydrogen (secondary N) is 1. The third-order valence-corrected chi connectivity index (χ3v) is 5.05. The van der Waals surface area contributed by atoms with E-state index in [1.807, 2.05) is 23.9 Å². The number of phenols is 1. The van der Waals surface area contributed by atoms with Crippen molar-refractivity contribution < 1.29 is 9.90 Å².